The largest absolute Gasteiger partial charge is 0.456 e. The fraction of sp³-hybridized carbons (Fsp3) is 0.103. The molecule has 2 heterocycles. The molecular weight excluding hydrogens is 759 g/mol. The lowest BCUT2D eigenvalue weighted by atomic mass is 9.80. The first-order chi connectivity index (χ1) is 30.3. The van der Waals surface area contributed by atoms with Gasteiger partial charge in [0.1, 0.15) is 11.2 Å². The molecule has 2 nitrogen and oxygen atoms in total. The third-order valence-electron chi connectivity index (χ3n) is 13.1. The molecule has 0 N–H and O–H groups in total. The number of thiophene rings is 1. The van der Waals surface area contributed by atoms with Crippen LogP contribution in [0.2, 0.25) is 0 Å². The van der Waals surface area contributed by atoms with E-state index in [1.54, 1.807) is 0 Å². The van der Waals surface area contributed by atoms with Crippen LogP contribution in [0.1, 0.15) is 43.6 Å². The number of fused-ring (bicyclic) bond motifs is 7. The number of hydrogen-bond acceptors (Lipinski definition) is 3. The van der Waals surface area contributed by atoms with Crippen LogP contribution in [-0.2, 0) is 0 Å². The van der Waals surface area contributed by atoms with Gasteiger partial charge in [0, 0.05) is 47.8 Å². The lowest BCUT2D eigenvalue weighted by molar-refractivity contribution is 0.445. The number of anilines is 3. The zero-order valence-corrected chi connectivity index (χ0v) is 34.7. The number of benzene rings is 9. The molecule has 1 saturated carbocycles. The van der Waals surface area contributed by atoms with E-state index in [0.29, 0.717) is 5.92 Å². The highest BCUT2D eigenvalue weighted by atomic mass is 32.1. The number of rotatable bonds is 7. The van der Waals surface area contributed by atoms with Crippen LogP contribution >= 0.6 is 11.3 Å². The minimum Gasteiger partial charge on any atom is -0.456 e. The predicted octanol–water partition coefficient (Wildman–Crippen LogP) is 17.6. The second-order valence-corrected chi connectivity index (χ2v) is 17.7. The molecule has 12 rings (SSSR count). The average Bonchev–Trinajstić information content (AvgIpc) is 3.90. The van der Waals surface area contributed by atoms with Gasteiger partial charge in [-0.3, -0.25) is 0 Å². The average molecular weight is 802 g/mol. The summed E-state index contributed by atoms with van der Waals surface area (Å²) < 4.78 is 8.93. The van der Waals surface area contributed by atoms with E-state index in [0.717, 1.165) is 50.1 Å². The monoisotopic (exact) mass is 801 g/mol. The zero-order chi connectivity index (χ0) is 40.3. The summed E-state index contributed by atoms with van der Waals surface area (Å²) in [5.74, 6) is 0.578. The van der Waals surface area contributed by atoms with Gasteiger partial charge in [0.2, 0.25) is 0 Å². The van der Waals surface area contributed by atoms with Crippen molar-refractivity contribution in [2.75, 3.05) is 4.90 Å². The van der Waals surface area contributed by atoms with Gasteiger partial charge in [-0.05, 0) is 112 Å². The van der Waals surface area contributed by atoms with E-state index in [9.17, 15) is 0 Å². The molecule has 2 aromatic heterocycles. The van der Waals surface area contributed by atoms with Gasteiger partial charge in [-0.1, -0.05) is 159 Å². The van der Waals surface area contributed by atoms with Crippen LogP contribution < -0.4 is 4.90 Å². The van der Waals surface area contributed by atoms with Gasteiger partial charge in [0.15, 0.2) is 0 Å². The van der Waals surface area contributed by atoms with E-state index >= 15 is 0 Å². The van der Waals surface area contributed by atoms with E-state index in [4.69, 9.17) is 4.42 Å². The van der Waals surface area contributed by atoms with Crippen molar-refractivity contribution >= 4 is 81.3 Å². The SMILES string of the molecule is c1ccc(N(c2ccc(-c3cccc4sc5ccccc5c34)cc2)c2ccccc2-c2cccc3cccc(C4CCCCC4)c23)c(-c2ccc3oc4ccccc4c3c2)c1. The zero-order valence-electron chi connectivity index (χ0n) is 33.9. The summed E-state index contributed by atoms with van der Waals surface area (Å²) in [5.41, 5.74) is 14.0. The molecule has 3 heteroatoms. The fourth-order valence-corrected chi connectivity index (χ4v) is 11.4. The second-order valence-electron chi connectivity index (χ2n) is 16.6. The van der Waals surface area contributed by atoms with Gasteiger partial charge in [0.05, 0.1) is 11.4 Å². The highest BCUT2D eigenvalue weighted by Crippen LogP contribution is 2.49. The van der Waals surface area contributed by atoms with Crippen molar-refractivity contribution in [3.63, 3.8) is 0 Å². The van der Waals surface area contributed by atoms with E-state index in [1.807, 2.05) is 17.4 Å². The van der Waals surface area contributed by atoms with Crippen LogP contribution in [0.5, 0.6) is 0 Å². The molecule has 0 aliphatic heterocycles. The van der Waals surface area contributed by atoms with Crippen molar-refractivity contribution in [3.05, 3.63) is 200 Å². The molecule has 0 saturated heterocycles. The minimum absolute atomic E-state index is 0.578. The van der Waals surface area contributed by atoms with Gasteiger partial charge in [-0.2, -0.15) is 0 Å². The molecule has 9 aromatic carbocycles. The normalized spacial score (nSPS) is 13.5. The number of furan rings is 1. The van der Waals surface area contributed by atoms with Crippen molar-refractivity contribution in [2.45, 2.75) is 38.0 Å². The van der Waals surface area contributed by atoms with Crippen LogP contribution in [0, 0.1) is 0 Å². The van der Waals surface area contributed by atoms with Crippen molar-refractivity contribution in [1.82, 2.24) is 0 Å². The predicted molar refractivity (Wildman–Crippen MR) is 261 cm³/mol. The van der Waals surface area contributed by atoms with Crippen molar-refractivity contribution in [3.8, 4) is 33.4 Å². The third kappa shape index (κ3) is 6.14. The van der Waals surface area contributed by atoms with Crippen LogP contribution in [0.25, 0.3) is 86.3 Å². The first-order valence-corrected chi connectivity index (χ1v) is 22.5. The Morgan fingerprint density at radius 1 is 0.426 bits per heavy atom. The molecule has 0 spiro atoms. The maximum Gasteiger partial charge on any atom is 0.135 e. The fourth-order valence-electron chi connectivity index (χ4n) is 10.3. The topological polar surface area (TPSA) is 16.4 Å². The molecule has 0 radical (unpaired) electrons. The van der Waals surface area contributed by atoms with E-state index in [1.165, 1.54) is 90.9 Å². The molecule has 11 aromatic rings. The van der Waals surface area contributed by atoms with Crippen LogP contribution in [0.3, 0.4) is 0 Å². The Hall–Kier alpha value is -6.94. The Balaban J connectivity index is 1.07. The molecule has 1 aliphatic rings. The van der Waals surface area contributed by atoms with Gasteiger partial charge < -0.3 is 9.32 Å². The van der Waals surface area contributed by atoms with Gasteiger partial charge in [0.25, 0.3) is 0 Å². The highest BCUT2D eigenvalue weighted by Gasteiger charge is 2.24. The Kier molecular flexibility index (Phi) is 8.82. The molecule has 1 aliphatic carbocycles. The van der Waals surface area contributed by atoms with Crippen molar-refractivity contribution in [2.24, 2.45) is 0 Å². The van der Waals surface area contributed by atoms with E-state index < -0.39 is 0 Å². The quantitative estimate of drug-likeness (QED) is 0.160. The number of para-hydroxylation sites is 3. The maximum atomic E-state index is 6.30. The molecule has 0 atom stereocenters. The van der Waals surface area contributed by atoms with E-state index in [-0.39, 0.29) is 0 Å². The van der Waals surface area contributed by atoms with Gasteiger partial charge in [-0.15, -0.1) is 11.3 Å². The van der Waals surface area contributed by atoms with E-state index in [2.05, 4.69) is 193 Å². The standard InChI is InChI=1S/C58H43NOS/c1-2-15-38(16-3-1)44-23-12-17-40-18-13-25-48(57(40)44)46-20-5-9-27-52(46)59(42-34-31-39(32-35-42)45-24-14-30-56-58(45)49-22-7-11-29-55(49)61-56)51-26-8-4-19-43(51)41-33-36-54-50(37-41)47-21-6-10-28-53(47)60-54/h4-14,17-38H,1-3,15-16H2. The summed E-state index contributed by atoms with van der Waals surface area (Å²) in [6.07, 6.45) is 6.46. The molecular formula is C58H43NOS. The summed E-state index contributed by atoms with van der Waals surface area (Å²) in [6.45, 7) is 0. The molecule has 0 bridgehead atoms. The number of hydrogen-bond donors (Lipinski definition) is 0. The third-order valence-corrected chi connectivity index (χ3v) is 14.2. The Bertz CT molecular complexity index is 3410. The van der Waals surface area contributed by atoms with Crippen molar-refractivity contribution in [1.29, 1.82) is 0 Å². The minimum atomic E-state index is 0.578. The molecule has 61 heavy (non-hydrogen) atoms. The summed E-state index contributed by atoms with van der Waals surface area (Å²) in [7, 11) is 0. The lowest BCUT2D eigenvalue weighted by Gasteiger charge is -2.31. The first-order valence-electron chi connectivity index (χ1n) is 21.7. The Morgan fingerprint density at radius 2 is 1.05 bits per heavy atom. The van der Waals surface area contributed by atoms with Crippen LogP contribution in [0.4, 0.5) is 17.1 Å². The summed E-state index contributed by atoms with van der Waals surface area (Å²) in [6, 6.07) is 71.6. The smallest absolute Gasteiger partial charge is 0.135 e. The van der Waals surface area contributed by atoms with Crippen molar-refractivity contribution < 1.29 is 4.42 Å². The van der Waals surface area contributed by atoms with Crippen LogP contribution in [0.15, 0.2) is 199 Å². The Morgan fingerprint density at radius 3 is 1.90 bits per heavy atom. The maximum absolute atomic E-state index is 6.30. The summed E-state index contributed by atoms with van der Waals surface area (Å²) in [4.78, 5) is 2.49. The highest BCUT2D eigenvalue weighted by molar-refractivity contribution is 7.25. The summed E-state index contributed by atoms with van der Waals surface area (Å²) >= 11 is 1.87. The van der Waals surface area contributed by atoms with Gasteiger partial charge in [-0.25, -0.2) is 0 Å². The molecule has 0 amide bonds. The molecule has 292 valence electrons. The number of nitrogens with zero attached hydrogens (tertiary/aromatic N) is 1. The Labute approximate surface area is 360 Å². The lowest BCUT2D eigenvalue weighted by Crippen LogP contribution is -2.12. The first kappa shape index (κ1) is 36.0. The summed E-state index contributed by atoms with van der Waals surface area (Å²) in [5, 5.41) is 7.60. The van der Waals surface area contributed by atoms with Gasteiger partial charge >= 0.3 is 0 Å². The molecule has 0 unspecified atom stereocenters. The molecule has 1 fully saturated rings. The second kappa shape index (κ2) is 15.0. The van der Waals surface area contributed by atoms with Crippen LogP contribution in [-0.4, -0.2) is 0 Å².